The summed E-state index contributed by atoms with van der Waals surface area (Å²) in [6.07, 6.45) is 30.1. The Balaban J connectivity index is 1.01. The lowest BCUT2D eigenvalue weighted by Crippen LogP contribution is -2.73. The van der Waals surface area contributed by atoms with Gasteiger partial charge in [-0.2, -0.15) is 0 Å². The molecule has 0 amide bonds. The molecule has 1 aromatic carbocycles. The summed E-state index contributed by atoms with van der Waals surface area (Å²) in [6.45, 7) is 7.91. The summed E-state index contributed by atoms with van der Waals surface area (Å²) in [6, 6.07) is 3.85. The Morgan fingerprint density at radius 2 is 1.51 bits per heavy atom. The van der Waals surface area contributed by atoms with E-state index in [4.69, 9.17) is 9.47 Å². The number of nitrogens with zero attached hydrogens (tertiary/aromatic N) is 1. The number of fused-ring (bicyclic) bond motifs is 1. The summed E-state index contributed by atoms with van der Waals surface area (Å²) in [5, 5.41) is 12.3. The number of allylic oxidation sites excluding steroid dienone is 2. The van der Waals surface area contributed by atoms with Gasteiger partial charge >= 0.3 is 5.97 Å². The molecule has 1 spiro atoms. The molecule has 5 rings (SSSR count). The SMILES string of the molecule is CCCCCCCC/C=C\CCCCCCCCCCCC(=O)Oc1ccc2c3c1O[C@@H](C(=O)CC)[C@]31CCN(CC3CC3)C(C2)[C@@]1(C)O. The van der Waals surface area contributed by atoms with Crippen LogP contribution in [-0.4, -0.2) is 52.6 Å². The smallest absolute Gasteiger partial charge is 0.311 e. The largest absolute Gasteiger partial charge is 0.477 e. The van der Waals surface area contributed by atoms with E-state index >= 15 is 0 Å². The van der Waals surface area contributed by atoms with Crippen LogP contribution in [-0.2, 0) is 21.4 Å². The molecule has 4 atom stereocenters. The second kappa shape index (κ2) is 18.4. The van der Waals surface area contributed by atoms with Gasteiger partial charge in [-0.05, 0) is 88.8 Å². The number of likely N-dealkylation sites (tertiary alicyclic amines) is 1. The van der Waals surface area contributed by atoms with Gasteiger partial charge in [-0.1, -0.05) is 109 Å². The minimum absolute atomic E-state index is 0.00207. The summed E-state index contributed by atoms with van der Waals surface area (Å²) in [7, 11) is 0. The zero-order valence-corrected chi connectivity index (χ0v) is 31.2. The fraction of sp³-hybridized carbons (Fsp3) is 0.767. The average molecular weight is 678 g/mol. The van der Waals surface area contributed by atoms with Crippen molar-refractivity contribution in [2.75, 3.05) is 13.1 Å². The number of Topliss-reactive ketones (excluding diaryl/α,β-unsaturated/α-hetero) is 1. The quantitative estimate of drug-likeness (QED) is 0.0508. The van der Waals surface area contributed by atoms with E-state index in [-0.39, 0.29) is 17.8 Å². The van der Waals surface area contributed by atoms with Crippen LogP contribution in [0, 0.1) is 5.92 Å². The van der Waals surface area contributed by atoms with E-state index in [9.17, 15) is 14.7 Å². The van der Waals surface area contributed by atoms with Gasteiger partial charge in [0.1, 0.15) is 0 Å². The third kappa shape index (κ3) is 9.19. The number of rotatable bonds is 24. The Labute approximate surface area is 297 Å². The number of piperidine rings is 1. The molecule has 4 aliphatic rings. The van der Waals surface area contributed by atoms with Crippen molar-refractivity contribution >= 4 is 11.8 Å². The van der Waals surface area contributed by atoms with Crippen molar-refractivity contribution in [3.63, 3.8) is 0 Å². The van der Waals surface area contributed by atoms with Crippen LogP contribution in [0.3, 0.4) is 0 Å². The Hall–Kier alpha value is -2.18. The predicted molar refractivity (Wildman–Crippen MR) is 198 cm³/mol. The molecule has 2 heterocycles. The first-order chi connectivity index (χ1) is 23.8. The number of ether oxygens (including phenoxy) is 2. The minimum atomic E-state index is -1.12. The fourth-order valence-corrected chi connectivity index (χ4v) is 9.10. The predicted octanol–water partition coefficient (Wildman–Crippen LogP) is 9.96. The summed E-state index contributed by atoms with van der Waals surface area (Å²) < 4.78 is 12.4. The molecule has 1 saturated heterocycles. The lowest BCUT2D eigenvalue weighted by atomic mass is 9.53. The summed E-state index contributed by atoms with van der Waals surface area (Å²) in [4.78, 5) is 28.9. The van der Waals surface area contributed by atoms with Crippen molar-refractivity contribution in [3.05, 3.63) is 35.4 Å². The van der Waals surface area contributed by atoms with Crippen molar-refractivity contribution in [1.29, 1.82) is 0 Å². The van der Waals surface area contributed by atoms with Gasteiger partial charge in [-0.3, -0.25) is 14.5 Å². The number of benzene rings is 1. The molecule has 0 radical (unpaired) electrons. The van der Waals surface area contributed by atoms with Crippen molar-refractivity contribution < 1.29 is 24.2 Å². The molecule has 1 saturated carbocycles. The van der Waals surface area contributed by atoms with E-state index in [1.807, 2.05) is 19.9 Å². The lowest BCUT2D eigenvalue weighted by Gasteiger charge is -2.59. The Morgan fingerprint density at radius 3 is 2.12 bits per heavy atom. The number of carbonyl (C=O) groups excluding carboxylic acids is 2. The minimum Gasteiger partial charge on any atom is -0.477 e. The molecule has 1 aromatic rings. The molecule has 2 bridgehead atoms. The first-order valence-corrected chi connectivity index (χ1v) is 20.5. The van der Waals surface area contributed by atoms with Crippen LogP contribution in [0.2, 0.25) is 0 Å². The van der Waals surface area contributed by atoms with Crippen LogP contribution >= 0.6 is 0 Å². The molecule has 0 aromatic heterocycles. The van der Waals surface area contributed by atoms with Crippen molar-refractivity contribution in [2.24, 2.45) is 5.92 Å². The second-order valence-corrected chi connectivity index (χ2v) is 16.0. The molecule has 2 aliphatic carbocycles. The molecule has 2 fully saturated rings. The van der Waals surface area contributed by atoms with Gasteiger partial charge in [0.2, 0.25) is 0 Å². The molecule has 6 heteroatoms. The van der Waals surface area contributed by atoms with Gasteiger partial charge < -0.3 is 14.6 Å². The first kappa shape index (κ1) is 38.1. The molecule has 1 unspecified atom stereocenters. The number of aliphatic hydroxyl groups is 1. The van der Waals surface area contributed by atoms with E-state index in [0.717, 1.165) is 49.4 Å². The van der Waals surface area contributed by atoms with E-state index in [0.29, 0.717) is 37.2 Å². The Kier molecular flexibility index (Phi) is 14.3. The Bertz CT molecular complexity index is 1250. The molecule has 1 N–H and O–H groups in total. The van der Waals surface area contributed by atoms with Crippen molar-refractivity contribution in [1.82, 2.24) is 4.90 Å². The fourth-order valence-electron chi connectivity index (χ4n) is 9.10. The van der Waals surface area contributed by atoms with E-state index in [1.165, 1.54) is 103 Å². The maximum atomic E-state index is 13.4. The van der Waals surface area contributed by atoms with Gasteiger partial charge in [0.25, 0.3) is 0 Å². The maximum Gasteiger partial charge on any atom is 0.311 e. The number of hydrogen-bond acceptors (Lipinski definition) is 6. The topological polar surface area (TPSA) is 76.1 Å². The number of hydrogen-bond donors (Lipinski definition) is 1. The van der Waals surface area contributed by atoms with Crippen LogP contribution in [0.5, 0.6) is 11.5 Å². The summed E-state index contributed by atoms with van der Waals surface area (Å²) in [5.41, 5.74) is 0.0893. The highest BCUT2D eigenvalue weighted by molar-refractivity contribution is 5.88. The first-order valence-electron chi connectivity index (χ1n) is 20.5. The van der Waals surface area contributed by atoms with Crippen molar-refractivity contribution in [3.8, 4) is 11.5 Å². The Morgan fingerprint density at radius 1 is 0.898 bits per heavy atom. The van der Waals surface area contributed by atoms with Gasteiger partial charge in [0.15, 0.2) is 23.4 Å². The molecule has 6 nitrogen and oxygen atoms in total. The highest BCUT2D eigenvalue weighted by Gasteiger charge is 2.69. The van der Waals surface area contributed by atoms with Gasteiger partial charge in [-0.25, -0.2) is 0 Å². The number of ketones is 1. The monoisotopic (exact) mass is 678 g/mol. The van der Waals surface area contributed by atoms with Crippen molar-refractivity contribution in [2.45, 2.75) is 192 Å². The lowest BCUT2D eigenvalue weighted by molar-refractivity contribution is -0.164. The molecular formula is C43H67NO5. The molecule has 49 heavy (non-hydrogen) atoms. The zero-order valence-electron chi connectivity index (χ0n) is 31.2. The van der Waals surface area contributed by atoms with Crippen LogP contribution in [0.15, 0.2) is 24.3 Å². The average Bonchev–Trinajstić information content (AvgIpc) is 3.83. The third-order valence-corrected chi connectivity index (χ3v) is 12.2. The normalized spacial score (nSPS) is 25.8. The van der Waals surface area contributed by atoms with Gasteiger partial charge in [0.05, 0.1) is 11.0 Å². The standard InChI is InChI=1S/C43H67NO5/c1-4-6-7-8-9-10-11-12-13-14-15-16-17-18-19-20-21-22-23-24-38(46)48-36-28-27-34-31-37-42(3,47)43(29-30-44(37)32-33-25-26-33)39(34)40(36)49-41(43)35(45)5-2/h12-13,27-28,33,37,41,47H,4-11,14-26,29-32H2,1-3H3/b13-12-/t37?,41-,42+,43-/m0/s1. The van der Waals surface area contributed by atoms with Crippen LogP contribution < -0.4 is 9.47 Å². The second-order valence-electron chi connectivity index (χ2n) is 16.0. The number of carbonyl (C=O) groups is 2. The highest BCUT2D eigenvalue weighted by atomic mass is 16.6. The molecular weight excluding hydrogens is 610 g/mol. The van der Waals surface area contributed by atoms with Crippen LogP contribution in [0.25, 0.3) is 0 Å². The van der Waals surface area contributed by atoms with E-state index < -0.39 is 17.1 Å². The van der Waals surface area contributed by atoms with Crippen LogP contribution in [0.4, 0.5) is 0 Å². The van der Waals surface area contributed by atoms with Gasteiger partial charge in [0, 0.05) is 31.0 Å². The maximum absolute atomic E-state index is 13.4. The van der Waals surface area contributed by atoms with E-state index in [1.54, 1.807) is 0 Å². The summed E-state index contributed by atoms with van der Waals surface area (Å²) in [5.74, 6) is 1.39. The molecule has 2 aliphatic heterocycles. The zero-order chi connectivity index (χ0) is 34.7. The van der Waals surface area contributed by atoms with Gasteiger partial charge in [-0.15, -0.1) is 0 Å². The summed E-state index contributed by atoms with van der Waals surface area (Å²) >= 11 is 0. The molecule has 274 valence electrons. The third-order valence-electron chi connectivity index (χ3n) is 12.2. The highest BCUT2D eigenvalue weighted by Crippen LogP contribution is 2.62. The van der Waals surface area contributed by atoms with Crippen LogP contribution in [0.1, 0.15) is 173 Å². The number of unbranched alkanes of at least 4 members (excludes halogenated alkanes) is 15. The number of esters is 1. The van der Waals surface area contributed by atoms with E-state index in [2.05, 4.69) is 30.0 Å².